The quantitative estimate of drug-likeness (QED) is 0.407. The van der Waals surface area contributed by atoms with Gasteiger partial charge in [-0.3, -0.25) is 4.79 Å². The van der Waals surface area contributed by atoms with Crippen LogP contribution in [0.4, 0.5) is 0 Å². The molecule has 0 bridgehead atoms. The Bertz CT molecular complexity index is 1160. The fourth-order valence-corrected chi connectivity index (χ4v) is 4.53. The fraction of sp³-hybridized carbons (Fsp3) is 0.160. The van der Waals surface area contributed by atoms with Crippen molar-refractivity contribution < 1.29 is 14.6 Å². The molecule has 152 valence electrons. The Labute approximate surface area is 180 Å². The van der Waals surface area contributed by atoms with Crippen molar-refractivity contribution in [3.05, 3.63) is 83.9 Å². The molecule has 1 N–H and O–H groups in total. The molecule has 0 spiro atoms. The van der Waals surface area contributed by atoms with Crippen LogP contribution in [-0.4, -0.2) is 43.0 Å². The van der Waals surface area contributed by atoms with Gasteiger partial charge in [-0.2, -0.15) is 0 Å². The van der Waals surface area contributed by atoms with E-state index in [0.29, 0.717) is 17.7 Å². The minimum atomic E-state index is -0.0364. The van der Waals surface area contributed by atoms with E-state index in [1.54, 1.807) is 12.1 Å². The van der Waals surface area contributed by atoms with E-state index in [2.05, 4.69) is 4.90 Å². The smallest absolute Gasteiger partial charge is 0.195 e. The van der Waals surface area contributed by atoms with Crippen LogP contribution in [-0.2, 0) is 0 Å². The van der Waals surface area contributed by atoms with Crippen LogP contribution in [0, 0.1) is 0 Å². The summed E-state index contributed by atoms with van der Waals surface area (Å²) in [6, 6.07) is 22.4. The van der Waals surface area contributed by atoms with Crippen LogP contribution < -0.4 is 4.74 Å². The number of nitrogens with zero attached hydrogens (tertiary/aromatic N) is 1. The molecule has 0 fully saturated rings. The van der Waals surface area contributed by atoms with Gasteiger partial charge in [0.2, 0.25) is 0 Å². The van der Waals surface area contributed by atoms with E-state index in [9.17, 15) is 9.90 Å². The Balaban J connectivity index is 1.70. The molecule has 0 aliphatic carbocycles. The Morgan fingerprint density at radius 2 is 1.73 bits per heavy atom. The minimum absolute atomic E-state index is 0.0364. The summed E-state index contributed by atoms with van der Waals surface area (Å²) in [7, 11) is 4.00. The third kappa shape index (κ3) is 4.22. The number of carbonyl (C=O) groups is 1. The van der Waals surface area contributed by atoms with Crippen molar-refractivity contribution in [1.82, 2.24) is 4.90 Å². The van der Waals surface area contributed by atoms with Gasteiger partial charge in [0.15, 0.2) is 5.78 Å². The summed E-state index contributed by atoms with van der Waals surface area (Å²) in [5, 5.41) is 10.8. The zero-order valence-corrected chi connectivity index (χ0v) is 17.8. The van der Waals surface area contributed by atoms with Crippen molar-refractivity contribution in [1.29, 1.82) is 0 Å². The van der Waals surface area contributed by atoms with Crippen molar-refractivity contribution in [2.24, 2.45) is 0 Å². The van der Waals surface area contributed by atoms with E-state index in [4.69, 9.17) is 4.74 Å². The van der Waals surface area contributed by atoms with Gasteiger partial charge >= 0.3 is 0 Å². The SMILES string of the molecule is CN(C)CCOc1ccc(C(=O)c2c(-c3ccccc3)sc3cc(O)ccc23)cc1. The number of thiophene rings is 1. The number of carbonyl (C=O) groups excluding carboxylic acids is 1. The first-order valence-corrected chi connectivity index (χ1v) is 10.6. The second kappa shape index (κ2) is 8.69. The first-order chi connectivity index (χ1) is 14.5. The van der Waals surface area contributed by atoms with Crippen LogP contribution in [0.25, 0.3) is 20.5 Å². The van der Waals surface area contributed by atoms with Gasteiger partial charge in [-0.05, 0) is 62.1 Å². The molecule has 0 atom stereocenters. The number of aromatic hydroxyl groups is 1. The van der Waals surface area contributed by atoms with Gasteiger partial charge in [0.25, 0.3) is 0 Å². The number of fused-ring (bicyclic) bond motifs is 1. The zero-order chi connectivity index (χ0) is 21.1. The topological polar surface area (TPSA) is 49.8 Å². The highest BCUT2D eigenvalue weighted by Gasteiger charge is 2.21. The first-order valence-electron chi connectivity index (χ1n) is 9.76. The number of phenolic OH excluding ortho intramolecular Hbond substituents is 1. The molecule has 0 radical (unpaired) electrons. The fourth-order valence-electron chi connectivity index (χ4n) is 3.30. The van der Waals surface area contributed by atoms with Gasteiger partial charge in [-0.15, -0.1) is 11.3 Å². The van der Waals surface area contributed by atoms with Crippen LogP contribution in [0.15, 0.2) is 72.8 Å². The number of hydrogen-bond donors (Lipinski definition) is 1. The summed E-state index contributed by atoms with van der Waals surface area (Å²) in [5.41, 5.74) is 2.27. The van der Waals surface area contributed by atoms with Crippen LogP contribution >= 0.6 is 11.3 Å². The highest BCUT2D eigenvalue weighted by atomic mass is 32.1. The summed E-state index contributed by atoms with van der Waals surface area (Å²) >= 11 is 1.52. The van der Waals surface area contributed by atoms with E-state index in [1.807, 2.05) is 74.8 Å². The number of likely N-dealkylation sites (N-methyl/N-ethyl adjacent to an activating group) is 1. The highest BCUT2D eigenvalue weighted by Crippen LogP contribution is 2.41. The molecule has 4 aromatic rings. The normalized spacial score (nSPS) is 11.2. The molecular formula is C25H23NO3S. The summed E-state index contributed by atoms with van der Waals surface area (Å²) in [4.78, 5) is 16.5. The lowest BCUT2D eigenvalue weighted by atomic mass is 9.97. The predicted octanol–water partition coefficient (Wildman–Crippen LogP) is 5.45. The first kappa shape index (κ1) is 20.1. The molecule has 4 nitrogen and oxygen atoms in total. The zero-order valence-electron chi connectivity index (χ0n) is 17.0. The Kier molecular flexibility index (Phi) is 5.84. The monoisotopic (exact) mass is 417 g/mol. The maximum absolute atomic E-state index is 13.5. The van der Waals surface area contributed by atoms with Crippen molar-refractivity contribution in [3.8, 4) is 21.9 Å². The standard InChI is InChI=1S/C25H23NO3S/c1-26(2)14-15-29-20-11-8-17(9-12-20)24(28)23-21-13-10-19(27)16-22(21)30-25(23)18-6-4-3-5-7-18/h3-13,16,27H,14-15H2,1-2H3. The van der Waals surface area contributed by atoms with Gasteiger partial charge in [0.1, 0.15) is 18.1 Å². The van der Waals surface area contributed by atoms with Gasteiger partial charge in [0.05, 0.1) is 0 Å². The van der Waals surface area contributed by atoms with E-state index in [1.165, 1.54) is 11.3 Å². The molecule has 0 aliphatic heterocycles. The third-order valence-electron chi connectivity index (χ3n) is 4.86. The summed E-state index contributed by atoms with van der Waals surface area (Å²) in [6.45, 7) is 1.42. The van der Waals surface area contributed by atoms with E-state index >= 15 is 0 Å². The van der Waals surface area contributed by atoms with Crippen LogP contribution in [0.3, 0.4) is 0 Å². The van der Waals surface area contributed by atoms with Gasteiger partial charge < -0.3 is 14.7 Å². The highest BCUT2D eigenvalue weighted by molar-refractivity contribution is 7.22. The second-order valence-corrected chi connectivity index (χ2v) is 8.41. The van der Waals surface area contributed by atoms with Crippen molar-refractivity contribution in [2.45, 2.75) is 0 Å². The molecule has 0 amide bonds. The minimum Gasteiger partial charge on any atom is -0.508 e. The molecule has 1 heterocycles. The average Bonchev–Trinajstić information content (AvgIpc) is 3.12. The van der Waals surface area contributed by atoms with Crippen molar-refractivity contribution in [2.75, 3.05) is 27.2 Å². The molecule has 30 heavy (non-hydrogen) atoms. The van der Waals surface area contributed by atoms with Crippen molar-refractivity contribution in [3.63, 3.8) is 0 Å². The van der Waals surface area contributed by atoms with Crippen LogP contribution in [0.2, 0.25) is 0 Å². The average molecular weight is 418 g/mol. The molecule has 1 aromatic heterocycles. The number of ketones is 1. The third-order valence-corrected chi connectivity index (χ3v) is 6.06. The maximum Gasteiger partial charge on any atom is 0.195 e. The van der Waals surface area contributed by atoms with Crippen molar-refractivity contribution >= 4 is 27.2 Å². The van der Waals surface area contributed by atoms with Gasteiger partial charge in [0, 0.05) is 32.6 Å². The summed E-state index contributed by atoms with van der Waals surface area (Å²) in [5.74, 6) is 0.906. The molecule has 0 unspecified atom stereocenters. The van der Waals surface area contributed by atoms with Crippen LogP contribution in [0.5, 0.6) is 11.5 Å². The molecule has 5 heteroatoms. The number of ether oxygens (including phenoxy) is 1. The largest absolute Gasteiger partial charge is 0.508 e. The molecule has 3 aromatic carbocycles. The second-order valence-electron chi connectivity index (χ2n) is 7.36. The number of phenols is 1. The Morgan fingerprint density at radius 1 is 1.00 bits per heavy atom. The predicted molar refractivity (Wildman–Crippen MR) is 123 cm³/mol. The number of benzene rings is 3. The molecule has 4 rings (SSSR count). The van der Waals surface area contributed by atoms with E-state index < -0.39 is 0 Å². The Morgan fingerprint density at radius 3 is 2.43 bits per heavy atom. The summed E-state index contributed by atoms with van der Waals surface area (Å²) < 4.78 is 6.63. The molecule has 0 saturated carbocycles. The summed E-state index contributed by atoms with van der Waals surface area (Å²) in [6.07, 6.45) is 0. The Hall–Kier alpha value is -3.15. The molecule has 0 aliphatic rings. The number of hydrogen-bond acceptors (Lipinski definition) is 5. The lowest BCUT2D eigenvalue weighted by Gasteiger charge is -2.11. The number of rotatable bonds is 7. The van der Waals surface area contributed by atoms with Gasteiger partial charge in [-0.1, -0.05) is 30.3 Å². The van der Waals surface area contributed by atoms with E-state index in [0.717, 1.165) is 32.8 Å². The lowest BCUT2D eigenvalue weighted by Crippen LogP contribution is -2.19. The maximum atomic E-state index is 13.5. The van der Waals surface area contributed by atoms with Crippen LogP contribution in [0.1, 0.15) is 15.9 Å². The van der Waals surface area contributed by atoms with E-state index in [-0.39, 0.29) is 11.5 Å². The molecular weight excluding hydrogens is 394 g/mol. The van der Waals surface area contributed by atoms with Gasteiger partial charge in [-0.25, -0.2) is 0 Å². The molecule has 0 saturated heterocycles. The lowest BCUT2D eigenvalue weighted by molar-refractivity contribution is 0.104.